The summed E-state index contributed by atoms with van der Waals surface area (Å²) in [5, 5.41) is 3.47. The summed E-state index contributed by atoms with van der Waals surface area (Å²) in [4.78, 5) is 2.70. The fourth-order valence-electron chi connectivity index (χ4n) is 1.16. The van der Waals surface area contributed by atoms with Crippen LogP contribution in [0.25, 0.3) is 10.4 Å². The normalized spacial score (nSPS) is 9.79. The van der Waals surface area contributed by atoms with Gasteiger partial charge in [-0.25, -0.2) is 0 Å². The van der Waals surface area contributed by atoms with Gasteiger partial charge in [-0.05, 0) is 24.8 Å². The summed E-state index contributed by atoms with van der Waals surface area (Å²) in [6, 6.07) is 0. The van der Waals surface area contributed by atoms with Gasteiger partial charge in [-0.15, -0.1) is 0 Å². The van der Waals surface area contributed by atoms with Crippen LogP contribution in [-0.4, -0.2) is 19.8 Å². The van der Waals surface area contributed by atoms with Crippen LogP contribution in [-0.2, 0) is 4.74 Å². The van der Waals surface area contributed by atoms with Gasteiger partial charge < -0.3 is 4.74 Å². The number of ether oxygens (including phenoxy) is 1. The van der Waals surface area contributed by atoms with Crippen LogP contribution in [0.2, 0.25) is 0 Å². The van der Waals surface area contributed by atoms with Gasteiger partial charge in [-0.3, -0.25) is 0 Å². The van der Waals surface area contributed by atoms with Crippen LogP contribution in [0.1, 0.15) is 45.4 Å². The fourth-order valence-corrected chi connectivity index (χ4v) is 1.16. The van der Waals surface area contributed by atoms with Gasteiger partial charge in [0.25, 0.3) is 0 Å². The van der Waals surface area contributed by atoms with Crippen molar-refractivity contribution in [2.75, 3.05) is 19.8 Å². The molecule has 0 atom stereocenters. The van der Waals surface area contributed by atoms with Gasteiger partial charge in [0, 0.05) is 24.7 Å². The van der Waals surface area contributed by atoms with Crippen LogP contribution >= 0.6 is 0 Å². The molecule has 82 valence electrons. The summed E-state index contributed by atoms with van der Waals surface area (Å²) in [5.74, 6) is 0. The number of hydrogen-bond donors (Lipinski definition) is 0. The smallest absolute Gasteiger partial charge is 0.0466 e. The molecule has 0 aliphatic rings. The fraction of sp³-hybridized carbons (Fsp3) is 1.00. The Balaban J connectivity index is 2.88. The first-order chi connectivity index (χ1) is 6.91. The number of hydrogen-bond acceptors (Lipinski definition) is 2. The highest BCUT2D eigenvalue weighted by Gasteiger charge is 1.90. The molecular weight excluding hydrogens is 178 g/mol. The molecule has 0 spiro atoms. The molecule has 0 unspecified atom stereocenters. The third kappa shape index (κ3) is 11.3. The topological polar surface area (TPSA) is 58.0 Å². The van der Waals surface area contributed by atoms with Crippen molar-refractivity contribution >= 4 is 0 Å². The Hall–Kier alpha value is -0.730. The molecule has 0 heterocycles. The van der Waals surface area contributed by atoms with Crippen molar-refractivity contribution in [2.45, 2.75) is 45.4 Å². The second kappa shape index (κ2) is 12.3. The van der Waals surface area contributed by atoms with E-state index in [9.17, 15) is 0 Å². The van der Waals surface area contributed by atoms with Crippen LogP contribution in [0.3, 0.4) is 0 Å². The van der Waals surface area contributed by atoms with Gasteiger partial charge in [0.05, 0.1) is 0 Å². The van der Waals surface area contributed by atoms with Gasteiger partial charge in [0.15, 0.2) is 0 Å². The Morgan fingerprint density at radius 3 is 2.43 bits per heavy atom. The van der Waals surface area contributed by atoms with E-state index in [1.807, 2.05) is 0 Å². The van der Waals surface area contributed by atoms with Gasteiger partial charge in [0.1, 0.15) is 0 Å². The van der Waals surface area contributed by atoms with E-state index in [2.05, 4.69) is 16.9 Å². The first-order valence-electron chi connectivity index (χ1n) is 5.50. The zero-order chi connectivity index (χ0) is 10.5. The van der Waals surface area contributed by atoms with Crippen LogP contribution in [0.4, 0.5) is 0 Å². The van der Waals surface area contributed by atoms with E-state index < -0.39 is 0 Å². The molecule has 0 saturated carbocycles. The van der Waals surface area contributed by atoms with E-state index in [4.69, 9.17) is 10.3 Å². The zero-order valence-electron chi connectivity index (χ0n) is 9.11. The van der Waals surface area contributed by atoms with E-state index in [1.54, 1.807) is 0 Å². The maximum atomic E-state index is 8.02. The van der Waals surface area contributed by atoms with Crippen LogP contribution in [0.15, 0.2) is 5.11 Å². The Morgan fingerprint density at radius 1 is 1.07 bits per heavy atom. The van der Waals surface area contributed by atoms with Crippen molar-refractivity contribution in [1.29, 1.82) is 0 Å². The summed E-state index contributed by atoms with van der Waals surface area (Å²) >= 11 is 0. The molecule has 4 heteroatoms. The summed E-state index contributed by atoms with van der Waals surface area (Å²) in [6.45, 7) is 4.55. The average molecular weight is 199 g/mol. The van der Waals surface area contributed by atoms with E-state index >= 15 is 0 Å². The monoisotopic (exact) mass is 199 g/mol. The standard InChI is InChI=1S/C10H21N3O/c1-2-3-6-9-14-10-7-4-5-8-12-13-11/h2-10H2,1H3. The van der Waals surface area contributed by atoms with Crippen LogP contribution in [0, 0.1) is 0 Å². The minimum atomic E-state index is 0.617. The summed E-state index contributed by atoms with van der Waals surface area (Å²) < 4.78 is 5.44. The lowest BCUT2D eigenvalue weighted by atomic mass is 10.2. The highest BCUT2D eigenvalue weighted by atomic mass is 16.5. The maximum absolute atomic E-state index is 8.02. The molecule has 0 aromatic rings. The van der Waals surface area contributed by atoms with Crippen molar-refractivity contribution in [2.24, 2.45) is 5.11 Å². The molecule has 0 saturated heterocycles. The maximum Gasteiger partial charge on any atom is 0.0466 e. The molecule has 0 amide bonds. The van der Waals surface area contributed by atoms with Crippen molar-refractivity contribution in [1.82, 2.24) is 0 Å². The highest BCUT2D eigenvalue weighted by Crippen LogP contribution is 1.98. The Labute approximate surface area is 86.3 Å². The number of azide groups is 1. The lowest BCUT2D eigenvalue weighted by Gasteiger charge is -2.02. The van der Waals surface area contributed by atoms with Crippen LogP contribution < -0.4 is 0 Å². The largest absolute Gasteiger partial charge is 0.381 e. The SMILES string of the molecule is CCCCCOCCCCCN=[N+]=[N-]. The quantitative estimate of drug-likeness (QED) is 0.229. The Kier molecular flexibility index (Phi) is 11.6. The van der Waals surface area contributed by atoms with E-state index in [-0.39, 0.29) is 0 Å². The summed E-state index contributed by atoms with van der Waals surface area (Å²) in [7, 11) is 0. The number of unbranched alkanes of at least 4 members (excludes halogenated alkanes) is 4. The zero-order valence-corrected chi connectivity index (χ0v) is 9.11. The average Bonchev–Trinajstić information content (AvgIpc) is 2.21. The predicted octanol–water partition coefficient (Wildman–Crippen LogP) is 3.67. The lowest BCUT2D eigenvalue weighted by molar-refractivity contribution is 0.126. The summed E-state index contributed by atoms with van der Waals surface area (Å²) in [5.41, 5.74) is 8.02. The molecule has 4 nitrogen and oxygen atoms in total. The molecule has 0 N–H and O–H groups in total. The molecule has 0 aliphatic heterocycles. The third-order valence-electron chi connectivity index (χ3n) is 2.00. The second-order valence-corrected chi connectivity index (χ2v) is 3.33. The second-order valence-electron chi connectivity index (χ2n) is 3.33. The van der Waals surface area contributed by atoms with E-state index in [1.165, 1.54) is 19.3 Å². The van der Waals surface area contributed by atoms with Crippen LogP contribution in [0.5, 0.6) is 0 Å². The molecule has 0 aromatic carbocycles. The van der Waals surface area contributed by atoms with Crippen molar-refractivity contribution < 1.29 is 4.74 Å². The number of rotatable bonds is 10. The highest BCUT2D eigenvalue weighted by molar-refractivity contribution is 4.48. The molecule has 0 bridgehead atoms. The molecule has 0 aromatic heterocycles. The summed E-state index contributed by atoms with van der Waals surface area (Å²) in [6.07, 6.45) is 6.82. The molecule has 14 heavy (non-hydrogen) atoms. The van der Waals surface area contributed by atoms with Crippen molar-refractivity contribution in [3.8, 4) is 0 Å². The van der Waals surface area contributed by atoms with Crippen molar-refractivity contribution in [3.05, 3.63) is 10.4 Å². The van der Waals surface area contributed by atoms with Gasteiger partial charge in [0.2, 0.25) is 0 Å². The molecule has 0 rings (SSSR count). The molecule has 0 aliphatic carbocycles. The van der Waals surface area contributed by atoms with Gasteiger partial charge in [-0.2, -0.15) is 0 Å². The minimum absolute atomic E-state index is 0.617. The molecular formula is C10H21N3O. The minimum Gasteiger partial charge on any atom is -0.381 e. The molecule has 0 radical (unpaired) electrons. The predicted molar refractivity (Wildman–Crippen MR) is 58.2 cm³/mol. The van der Waals surface area contributed by atoms with Gasteiger partial charge in [-0.1, -0.05) is 31.3 Å². The Morgan fingerprint density at radius 2 is 1.79 bits per heavy atom. The first kappa shape index (κ1) is 13.3. The van der Waals surface area contributed by atoms with Gasteiger partial charge >= 0.3 is 0 Å². The van der Waals surface area contributed by atoms with Crippen molar-refractivity contribution in [3.63, 3.8) is 0 Å². The lowest BCUT2D eigenvalue weighted by Crippen LogP contribution is -1.97. The Bertz CT molecular complexity index is 155. The first-order valence-corrected chi connectivity index (χ1v) is 5.50. The van der Waals surface area contributed by atoms with E-state index in [0.29, 0.717) is 6.54 Å². The third-order valence-corrected chi connectivity index (χ3v) is 2.00. The number of nitrogens with zero attached hydrogens (tertiary/aromatic N) is 3. The van der Waals surface area contributed by atoms with E-state index in [0.717, 1.165) is 32.5 Å². The molecule has 0 fully saturated rings.